The van der Waals surface area contributed by atoms with Crippen LogP contribution in [0, 0.1) is 6.92 Å². The Morgan fingerprint density at radius 2 is 2.00 bits per heavy atom. The van der Waals surface area contributed by atoms with E-state index in [1.165, 1.54) is 0 Å². The molecule has 94 valence electrons. The van der Waals surface area contributed by atoms with Crippen LogP contribution < -0.4 is 9.47 Å². The zero-order valence-electron chi connectivity index (χ0n) is 10.4. The Balaban J connectivity index is 2.28. The zero-order chi connectivity index (χ0) is 13.0. The van der Waals surface area contributed by atoms with Gasteiger partial charge in [-0.15, -0.1) is 0 Å². The van der Waals surface area contributed by atoms with E-state index in [-0.39, 0.29) is 6.61 Å². The zero-order valence-corrected chi connectivity index (χ0v) is 10.4. The lowest BCUT2D eigenvalue weighted by molar-refractivity contribution is 0.280. The minimum absolute atomic E-state index is 0.0284. The number of methoxy groups -OCH3 is 1. The normalized spacial score (nSPS) is 10.2. The molecule has 2 aromatic rings. The summed E-state index contributed by atoms with van der Waals surface area (Å²) < 4.78 is 10.9. The fraction of sp³-hybridized carbons (Fsp3) is 0.214. The van der Waals surface area contributed by atoms with Crippen molar-refractivity contribution < 1.29 is 14.6 Å². The van der Waals surface area contributed by atoms with Gasteiger partial charge in [-0.3, -0.25) is 0 Å². The molecule has 0 atom stereocenters. The number of aliphatic hydroxyl groups is 1. The van der Waals surface area contributed by atoms with Gasteiger partial charge in [0.2, 0.25) is 5.88 Å². The number of hydrogen-bond acceptors (Lipinski definition) is 4. The van der Waals surface area contributed by atoms with E-state index >= 15 is 0 Å². The van der Waals surface area contributed by atoms with Crippen LogP contribution in [0.1, 0.15) is 11.1 Å². The van der Waals surface area contributed by atoms with Crippen LogP contribution in [0.25, 0.3) is 0 Å². The first kappa shape index (κ1) is 12.4. The van der Waals surface area contributed by atoms with Gasteiger partial charge in [-0.05, 0) is 36.2 Å². The second-order valence-electron chi connectivity index (χ2n) is 3.92. The summed E-state index contributed by atoms with van der Waals surface area (Å²) >= 11 is 0. The second kappa shape index (κ2) is 5.51. The lowest BCUT2D eigenvalue weighted by atomic mass is 10.2. The Labute approximate surface area is 106 Å². The van der Waals surface area contributed by atoms with E-state index in [1.807, 2.05) is 19.1 Å². The Morgan fingerprint density at radius 1 is 1.17 bits per heavy atom. The second-order valence-corrected chi connectivity index (χ2v) is 3.92. The molecule has 0 aliphatic carbocycles. The third-order valence-electron chi connectivity index (χ3n) is 2.52. The van der Waals surface area contributed by atoms with Gasteiger partial charge < -0.3 is 14.6 Å². The number of rotatable bonds is 4. The van der Waals surface area contributed by atoms with Crippen LogP contribution in [0.3, 0.4) is 0 Å². The highest BCUT2D eigenvalue weighted by Gasteiger charge is 2.07. The molecule has 4 heteroatoms. The molecule has 0 saturated heterocycles. The maximum absolute atomic E-state index is 9.07. The van der Waals surface area contributed by atoms with Crippen molar-refractivity contribution in [2.45, 2.75) is 13.5 Å². The summed E-state index contributed by atoms with van der Waals surface area (Å²) in [6.45, 7) is 1.94. The molecule has 1 heterocycles. The average molecular weight is 245 g/mol. The monoisotopic (exact) mass is 245 g/mol. The van der Waals surface area contributed by atoms with E-state index in [0.717, 1.165) is 11.1 Å². The molecule has 0 amide bonds. The lowest BCUT2D eigenvalue weighted by Gasteiger charge is -2.10. The van der Waals surface area contributed by atoms with E-state index in [4.69, 9.17) is 14.6 Å². The first-order valence-electron chi connectivity index (χ1n) is 5.61. The number of benzene rings is 1. The van der Waals surface area contributed by atoms with Crippen LogP contribution in [0.4, 0.5) is 0 Å². The van der Waals surface area contributed by atoms with Gasteiger partial charge in [0.15, 0.2) is 11.5 Å². The van der Waals surface area contributed by atoms with Crippen molar-refractivity contribution in [3.8, 4) is 17.4 Å². The van der Waals surface area contributed by atoms with Crippen LogP contribution in [0.2, 0.25) is 0 Å². The van der Waals surface area contributed by atoms with Crippen LogP contribution in [-0.4, -0.2) is 17.2 Å². The lowest BCUT2D eigenvalue weighted by Crippen LogP contribution is -1.94. The molecular formula is C14H15NO3. The maximum Gasteiger partial charge on any atom is 0.219 e. The summed E-state index contributed by atoms with van der Waals surface area (Å²) in [6, 6.07) is 9.03. The van der Waals surface area contributed by atoms with Crippen molar-refractivity contribution in [2.75, 3.05) is 7.11 Å². The molecule has 1 aromatic heterocycles. The molecule has 2 rings (SSSR count). The average Bonchev–Trinajstić information content (AvgIpc) is 2.39. The number of pyridine rings is 1. The van der Waals surface area contributed by atoms with Gasteiger partial charge in [0.25, 0.3) is 0 Å². The summed E-state index contributed by atoms with van der Waals surface area (Å²) in [5.74, 6) is 1.67. The molecule has 4 nitrogen and oxygen atoms in total. The number of hydrogen-bond donors (Lipinski definition) is 1. The molecule has 1 aromatic carbocycles. The first-order chi connectivity index (χ1) is 8.72. The van der Waals surface area contributed by atoms with Gasteiger partial charge >= 0.3 is 0 Å². The Bertz CT molecular complexity index is 540. The first-order valence-corrected chi connectivity index (χ1v) is 5.61. The standard InChI is InChI=1S/C14H15NO3/c1-10-5-6-15-14(7-10)18-12-4-3-11(9-16)8-13(12)17-2/h3-8,16H,9H2,1-2H3. The smallest absolute Gasteiger partial charge is 0.219 e. The molecule has 0 unspecified atom stereocenters. The topological polar surface area (TPSA) is 51.6 Å². The quantitative estimate of drug-likeness (QED) is 0.899. The van der Waals surface area contributed by atoms with Gasteiger partial charge in [-0.25, -0.2) is 4.98 Å². The van der Waals surface area contributed by atoms with Crippen molar-refractivity contribution in [1.29, 1.82) is 0 Å². The van der Waals surface area contributed by atoms with E-state index < -0.39 is 0 Å². The number of nitrogens with zero attached hydrogens (tertiary/aromatic N) is 1. The third kappa shape index (κ3) is 2.78. The molecule has 0 radical (unpaired) electrons. The molecule has 0 saturated carbocycles. The number of aliphatic hydroxyl groups excluding tert-OH is 1. The van der Waals surface area contributed by atoms with Crippen molar-refractivity contribution in [1.82, 2.24) is 4.98 Å². The van der Waals surface area contributed by atoms with Gasteiger partial charge in [-0.1, -0.05) is 6.07 Å². The predicted octanol–water partition coefficient (Wildman–Crippen LogP) is 2.68. The maximum atomic E-state index is 9.07. The van der Waals surface area contributed by atoms with Gasteiger partial charge in [0.1, 0.15) is 0 Å². The van der Waals surface area contributed by atoms with Crippen molar-refractivity contribution in [3.63, 3.8) is 0 Å². The molecule has 0 bridgehead atoms. The highest BCUT2D eigenvalue weighted by Crippen LogP contribution is 2.31. The predicted molar refractivity (Wildman–Crippen MR) is 68.0 cm³/mol. The number of ether oxygens (including phenoxy) is 2. The number of aromatic nitrogens is 1. The molecule has 0 fully saturated rings. The van der Waals surface area contributed by atoms with Crippen molar-refractivity contribution in [2.24, 2.45) is 0 Å². The third-order valence-corrected chi connectivity index (χ3v) is 2.52. The molecule has 0 aliphatic rings. The number of aryl methyl sites for hydroxylation is 1. The summed E-state index contributed by atoms with van der Waals surface area (Å²) in [4.78, 5) is 4.13. The van der Waals surface area contributed by atoms with E-state index in [9.17, 15) is 0 Å². The SMILES string of the molecule is COc1cc(CO)ccc1Oc1cc(C)ccn1. The summed E-state index contributed by atoms with van der Waals surface area (Å²) in [6.07, 6.45) is 1.69. The highest BCUT2D eigenvalue weighted by molar-refractivity contribution is 5.44. The minimum Gasteiger partial charge on any atom is -0.493 e. The largest absolute Gasteiger partial charge is 0.493 e. The summed E-state index contributed by atoms with van der Waals surface area (Å²) in [7, 11) is 1.56. The molecular weight excluding hydrogens is 230 g/mol. The minimum atomic E-state index is -0.0284. The summed E-state index contributed by atoms with van der Waals surface area (Å²) in [5.41, 5.74) is 1.85. The van der Waals surface area contributed by atoms with Gasteiger partial charge in [0, 0.05) is 12.3 Å². The molecule has 1 N–H and O–H groups in total. The molecule has 18 heavy (non-hydrogen) atoms. The van der Waals surface area contributed by atoms with Gasteiger partial charge in [0.05, 0.1) is 13.7 Å². The fourth-order valence-electron chi connectivity index (χ4n) is 1.57. The van der Waals surface area contributed by atoms with Crippen LogP contribution in [-0.2, 0) is 6.61 Å². The van der Waals surface area contributed by atoms with Crippen molar-refractivity contribution >= 4 is 0 Å². The van der Waals surface area contributed by atoms with Crippen molar-refractivity contribution in [3.05, 3.63) is 47.7 Å². The van der Waals surface area contributed by atoms with Crippen LogP contribution in [0.15, 0.2) is 36.5 Å². The van der Waals surface area contributed by atoms with Gasteiger partial charge in [-0.2, -0.15) is 0 Å². The Morgan fingerprint density at radius 3 is 2.67 bits per heavy atom. The molecule has 0 aliphatic heterocycles. The van der Waals surface area contributed by atoms with E-state index in [1.54, 1.807) is 31.5 Å². The Hall–Kier alpha value is -2.07. The van der Waals surface area contributed by atoms with Crippen LogP contribution >= 0.6 is 0 Å². The fourth-order valence-corrected chi connectivity index (χ4v) is 1.57. The van der Waals surface area contributed by atoms with Crippen LogP contribution in [0.5, 0.6) is 17.4 Å². The van der Waals surface area contributed by atoms with E-state index in [0.29, 0.717) is 17.4 Å². The summed E-state index contributed by atoms with van der Waals surface area (Å²) in [5, 5.41) is 9.07. The van der Waals surface area contributed by atoms with E-state index in [2.05, 4.69) is 4.98 Å². The molecule has 0 spiro atoms. The highest BCUT2D eigenvalue weighted by atomic mass is 16.5. The Kier molecular flexibility index (Phi) is 3.79.